The van der Waals surface area contributed by atoms with Crippen molar-refractivity contribution in [3.8, 4) is 16.9 Å². The van der Waals surface area contributed by atoms with Crippen LogP contribution >= 0.6 is 0 Å². The van der Waals surface area contributed by atoms with Crippen LogP contribution < -0.4 is 20.7 Å². The van der Waals surface area contributed by atoms with Gasteiger partial charge in [-0.05, 0) is 54.2 Å². The Bertz CT molecular complexity index is 1360. The number of carbonyl (C=O) groups is 2. The minimum atomic E-state index is -0.594. The highest BCUT2D eigenvalue weighted by atomic mass is 19.1. The van der Waals surface area contributed by atoms with Crippen molar-refractivity contribution in [3.05, 3.63) is 65.1 Å². The first-order chi connectivity index (χ1) is 17.4. The molecule has 0 unspecified atom stereocenters. The van der Waals surface area contributed by atoms with Crippen molar-refractivity contribution in [2.75, 3.05) is 36.1 Å². The number of hydrogen-bond donors (Lipinski definition) is 2. The van der Waals surface area contributed by atoms with Crippen molar-refractivity contribution in [1.82, 2.24) is 4.98 Å². The van der Waals surface area contributed by atoms with Gasteiger partial charge in [0.15, 0.2) is 0 Å². The third-order valence-electron chi connectivity index (χ3n) is 6.54. The fourth-order valence-corrected chi connectivity index (χ4v) is 4.66. The Hall–Kier alpha value is -4.14. The van der Waals surface area contributed by atoms with Gasteiger partial charge in [-0.1, -0.05) is 12.1 Å². The molecule has 1 aliphatic carbocycles. The Balaban J connectivity index is 1.63. The molecule has 1 fully saturated rings. The van der Waals surface area contributed by atoms with Gasteiger partial charge >= 0.3 is 5.97 Å². The summed E-state index contributed by atoms with van der Waals surface area (Å²) in [5, 5.41) is 3.07. The maximum Gasteiger partial charge on any atom is 0.302 e. The van der Waals surface area contributed by atoms with Gasteiger partial charge in [-0.3, -0.25) is 9.59 Å². The monoisotopic (exact) mass is 490 g/mol. The Kier molecular flexibility index (Phi) is 6.22. The average molecular weight is 491 g/mol. The van der Waals surface area contributed by atoms with Crippen LogP contribution in [-0.2, 0) is 16.1 Å². The van der Waals surface area contributed by atoms with E-state index in [2.05, 4.69) is 10.3 Å². The largest absolute Gasteiger partial charge is 0.491 e. The molecule has 0 saturated heterocycles. The molecule has 2 heterocycles. The Morgan fingerprint density at radius 2 is 2.08 bits per heavy atom. The predicted molar refractivity (Wildman–Crippen MR) is 135 cm³/mol. The van der Waals surface area contributed by atoms with E-state index in [-0.39, 0.29) is 31.1 Å². The average Bonchev–Trinajstić information content (AvgIpc) is 3.71. The third-order valence-corrected chi connectivity index (χ3v) is 6.54. The number of pyridine rings is 1. The molecule has 2 aliphatic rings. The van der Waals surface area contributed by atoms with E-state index < -0.39 is 17.7 Å². The van der Waals surface area contributed by atoms with Crippen molar-refractivity contribution in [2.24, 2.45) is 0 Å². The maximum absolute atomic E-state index is 15.3. The zero-order chi connectivity index (χ0) is 25.4. The van der Waals surface area contributed by atoms with Gasteiger partial charge in [0.25, 0.3) is 5.91 Å². The van der Waals surface area contributed by atoms with E-state index >= 15 is 4.39 Å². The van der Waals surface area contributed by atoms with Gasteiger partial charge in [-0.15, -0.1) is 0 Å². The SMILES string of the molecule is CNc1c(-c2cccc(N3CCOc4cc(C5CC5)cc(F)c4C3=O)c2COC(C)=O)ccnc1N. The van der Waals surface area contributed by atoms with Crippen LogP contribution in [-0.4, -0.2) is 37.1 Å². The number of hydrogen-bond acceptors (Lipinski definition) is 7. The molecule has 186 valence electrons. The van der Waals surface area contributed by atoms with Gasteiger partial charge < -0.3 is 25.4 Å². The summed E-state index contributed by atoms with van der Waals surface area (Å²) < 4.78 is 26.5. The number of rotatable bonds is 6. The molecule has 5 rings (SSSR count). The fraction of sp³-hybridized carbons (Fsp3) is 0.296. The zero-order valence-corrected chi connectivity index (χ0v) is 20.1. The Morgan fingerprint density at radius 3 is 2.81 bits per heavy atom. The normalized spacial score (nSPS) is 15.1. The quantitative estimate of drug-likeness (QED) is 0.490. The van der Waals surface area contributed by atoms with E-state index in [9.17, 15) is 9.59 Å². The molecule has 3 N–H and O–H groups in total. The minimum Gasteiger partial charge on any atom is -0.491 e. The summed E-state index contributed by atoms with van der Waals surface area (Å²) in [6, 6.07) is 10.4. The van der Waals surface area contributed by atoms with Crippen LogP contribution in [0.15, 0.2) is 42.6 Å². The van der Waals surface area contributed by atoms with E-state index in [1.807, 2.05) is 6.07 Å². The molecule has 0 radical (unpaired) electrons. The second-order valence-electron chi connectivity index (χ2n) is 8.91. The number of amides is 1. The van der Waals surface area contributed by atoms with Gasteiger partial charge in [-0.25, -0.2) is 9.37 Å². The lowest BCUT2D eigenvalue weighted by Gasteiger charge is -2.25. The molecule has 36 heavy (non-hydrogen) atoms. The van der Waals surface area contributed by atoms with Crippen molar-refractivity contribution in [1.29, 1.82) is 0 Å². The molecular weight excluding hydrogens is 463 g/mol. The van der Waals surface area contributed by atoms with Crippen LogP contribution in [0.4, 0.5) is 21.6 Å². The number of carbonyl (C=O) groups excluding carboxylic acids is 2. The van der Waals surface area contributed by atoms with Crippen molar-refractivity contribution >= 4 is 29.1 Å². The second-order valence-corrected chi connectivity index (χ2v) is 8.91. The predicted octanol–water partition coefficient (Wildman–Crippen LogP) is 4.49. The molecule has 3 aromatic rings. The Labute approximate surface area is 208 Å². The maximum atomic E-state index is 15.3. The first-order valence-corrected chi connectivity index (χ1v) is 11.8. The minimum absolute atomic E-state index is 0.0905. The van der Waals surface area contributed by atoms with Crippen LogP contribution in [0.2, 0.25) is 0 Å². The van der Waals surface area contributed by atoms with Gasteiger partial charge in [0.05, 0.1) is 17.9 Å². The van der Waals surface area contributed by atoms with E-state index in [1.165, 1.54) is 17.9 Å². The number of esters is 1. The molecule has 1 amide bonds. The number of benzene rings is 2. The number of aromatic nitrogens is 1. The highest BCUT2D eigenvalue weighted by Gasteiger charge is 2.33. The summed E-state index contributed by atoms with van der Waals surface area (Å²) >= 11 is 0. The molecule has 0 atom stereocenters. The second kappa shape index (κ2) is 9.49. The van der Waals surface area contributed by atoms with Gasteiger partial charge in [0, 0.05) is 31.3 Å². The smallest absolute Gasteiger partial charge is 0.302 e. The number of nitrogen functional groups attached to an aromatic ring is 1. The molecule has 9 heteroatoms. The highest BCUT2D eigenvalue weighted by Crippen LogP contribution is 2.44. The van der Waals surface area contributed by atoms with Crippen LogP contribution in [0.1, 0.15) is 47.2 Å². The van der Waals surface area contributed by atoms with Crippen LogP contribution in [0.3, 0.4) is 0 Å². The fourth-order valence-electron chi connectivity index (χ4n) is 4.66. The lowest BCUT2D eigenvalue weighted by atomic mass is 9.96. The number of halogens is 1. The van der Waals surface area contributed by atoms with E-state index in [4.69, 9.17) is 15.2 Å². The number of fused-ring (bicyclic) bond motifs is 1. The van der Waals surface area contributed by atoms with E-state index in [0.717, 1.165) is 24.0 Å². The van der Waals surface area contributed by atoms with E-state index in [0.29, 0.717) is 34.2 Å². The summed E-state index contributed by atoms with van der Waals surface area (Å²) in [6.45, 7) is 1.61. The third kappa shape index (κ3) is 4.32. The topological polar surface area (TPSA) is 107 Å². The number of nitrogens with zero attached hydrogens (tertiary/aromatic N) is 2. The number of nitrogens with two attached hydrogens (primary N) is 1. The molecule has 0 bridgehead atoms. The van der Waals surface area contributed by atoms with Crippen LogP contribution in [0.25, 0.3) is 11.1 Å². The highest BCUT2D eigenvalue weighted by molar-refractivity contribution is 6.09. The summed E-state index contributed by atoms with van der Waals surface area (Å²) in [5.74, 6) is -0.672. The van der Waals surface area contributed by atoms with Crippen LogP contribution in [0.5, 0.6) is 5.75 Å². The summed E-state index contributed by atoms with van der Waals surface area (Å²) in [4.78, 5) is 31.1. The summed E-state index contributed by atoms with van der Waals surface area (Å²) in [6.07, 6.45) is 3.61. The van der Waals surface area contributed by atoms with Gasteiger partial charge in [-0.2, -0.15) is 0 Å². The van der Waals surface area contributed by atoms with Gasteiger partial charge in [0.2, 0.25) is 0 Å². The molecule has 1 aliphatic heterocycles. The molecular formula is C27H27FN4O4. The zero-order valence-electron chi connectivity index (χ0n) is 20.1. The lowest BCUT2D eigenvalue weighted by Crippen LogP contribution is -2.33. The first-order valence-electron chi connectivity index (χ1n) is 11.8. The van der Waals surface area contributed by atoms with Crippen molar-refractivity contribution in [3.63, 3.8) is 0 Å². The molecule has 1 saturated carbocycles. The lowest BCUT2D eigenvalue weighted by molar-refractivity contribution is -0.142. The van der Waals surface area contributed by atoms with Gasteiger partial charge in [0.1, 0.15) is 36.2 Å². The van der Waals surface area contributed by atoms with Crippen molar-refractivity contribution < 1.29 is 23.5 Å². The summed E-state index contributed by atoms with van der Waals surface area (Å²) in [7, 11) is 1.73. The Morgan fingerprint density at radius 1 is 1.28 bits per heavy atom. The molecule has 2 aromatic carbocycles. The number of anilines is 3. The van der Waals surface area contributed by atoms with E-state index in [1.54, 1.807) is 37.5 Å². The molecule has 1 aromatic heterocycles. The number of nitrogens with one attached hydrogen (secondary N) is 1. The first kappa shape index (κ1) is 23.6. The van der Waals surface area contributed by atoms with Crippen molar-refractivity contribution in [2.45, 2.75) is 32.3 Å². The molecule has 8 nitrogen and oxygen atoms in total. The number of ether oxygens (including phenoxy) is 2. The summed E-state index contributed by atoms with van der Waals surface area (Å²) in [5.41, 5.74) is 9.98. The van der Waals surface area contributed by atoms with Crippen LogP contribution in [0, 0.1) is 5.82 Å². The molecule has 0 spiro atoms. The standard InChI is InChI=1S/C27H27FN4O4/c1-15(33)36-14-20-18(19-8-9-31-26(29)25(19)30-2)4-3-5-22(20)32-10-11-35-23-13-17(16-6-7-16)12-21(28)24(23)27(32)34/h3-5,8-9,12-13,16,30H,6-7,10-11,14H2,1-2H3,(H2,29,31).